The molecule has 1 fully saturated rings. The molecule has 1 aromatic carbocycles. The number of carbonyl (C=O) groups is 1. The summed E-state index contributed by atoms with van der Waals surface area (Å²) in [5, 5.41) is 6.09. The van der Waals surface area contributed by atoms with Crippen LogP contribution < -0.4 is 10.6 Å². The van der Waals surface area contributed by atoms with Crippen molar-refractivity contribution in [3.8, 4) is 0 Å². The lowest BCUT2D eigenvalue weighted by atomic mass is 9.93. The molecule has 2 N–H and O–H groups in total. The molecule has 26 heavy (non-hydrogen) atoms. The highest BCUT2D eigenvalue weighted by atomic mass is 32.1. The van der Waals surface area contributed by atoms with Crippen LogP contribution in [0.15, 0.2) is 35.5 Å². The first-order valence-corrected chi connectivity index (χ1v) is 8.50. The van der Waals surface area contributed by atoms with E-state index in [4.69, 9.17) is 17.0 Å². The molecule has 0 radical (unpaired) electrons. The van der Waals surface area contributed by atoms with Gasteiger partial charge < -0.3 is 20.3 Å². The SMILES string of the molecule is CC1=C(C(=O)N2CCOCC2)C(c2cccc(C(F)(F)F)c2)NC(=S)N1. The van der Waals surface area contributed by atoms with Crippen LogP contribution in [0, 0.1) is 0 Å². The molecule has 3 rings (SSSR count). The van der Waals surface area contributed by atoms with Gasteiger partial charge in [-0.3, -0.25) is 4.79 Å². The van der Waals surface area contributed by atoms with Crippen LogP contribution in [0.4, 0.5) is 13.2 Å². The first kappa shape index (κ1) is 18.7. The van der Waals surface area contributed by atoms with Crippen molar-refractivity contribution in [3.63, 3.8) is 0 Å². The van der Waals surface area contributed by atoms with E-state index in [-0.39, 0.29) is 11.0 Å². The van der Waals surface area contributed by atoms with E-state index in [2.05, 4.69) is 10.6 Å². The van der Waals surface area contributed by atoms with Gasteiger partial charge in [-0.1, -0.05) is 12.1 Å². The summed E-state index contributed by atoms with van der Waals surface area (Å²) >= 11 is 5.14. The number of rotatable bonds is 2. The standard InChI is InChI=1S/C17H18F3N3O2S/c1-10-13(15(24)23-5-7-25-8-6-23)14(22-16(26)21-10)11-3-2-4-12(9-11)17(18,19)20/h2-4,9,14H,5-8H2,1H3,(H2,21,22,26). The zero-order chi connectivity index (χ0) is 18.9. The van der Waals surface area contributed by atoms with Crippen LogP contribution in [-0.2, 0) is 15.7 Å². The van der Waals surface area contributed by atoms with Gasteiger partial charge in [0.2, 0.25) is 0 Å². The Labute approximate surface area is 154 Å². The first-order chi connectivity index (χ1) is 12.3. The number of nitrogens with one attached hydrogen (secondary N) is 2. The third kappa shape index (κ3) is 3.83. The van der Waals surface area contributed by atoms with Gasteiger partial charge in [0, 0.05) is 18.8 Å². The molecule has 2 aliphatic rings. The van der Waals surface area contributed by atoms with Crippen LogP contribution in [0.25, 0.3) is 0 Å². The second-order valence-corrected chi connectivity index (χ2v) is 6.51. The number of thiocarbonyl (C=S) groups is 1. The Morgan fingerprint density at radius 3 is 2.65 bits per heavy atom. The highest BCUT2D eigenvalue weighted by Crippen LogP contribution is 2.34. The second kappa shape index (κ2) is 7.24. The molecule has 1 saturated heterocycles. The van der Waals surface area contributed by atoms with Crippen LogP contribution in [-0.4, -0.2) is 42.2 Å². The molecule has 0 saturated carbocycles. The van der Waals surface area contributed by atoms with Crippen molar-refractivity contribution in [2.45, 2.75) is 19.1 Å². The molecule has 0 aromatic heterocycles. The molecule has 140 valence electrons. The average Bonchev–Trinajstić information content (AvgIpc) is 2.61. The lowest BCUT2D eigenvalue weighted by molar-refractivity contribution is -0.137. The van der Waals surface area contributed by atoms with Gasteiger partial charge in [-0.15, -0.1) is 0 Å². The molecule has 0 bridgehead atoms. The van der Waals surface area contributed by atoms with E-state index in [9.17, 15) is 18.0 Å². The van der Waals surface area contributed by atoms with E-state index in [1.807, 2.05) is 0 Å². The molecule has 2 aliphatic heterocycles. The number of carbonyl (C=O) groups excluding carboxylic acids is 1. The molecule has 5 nitrogen and oxygen atoms in total. The van der Waals surface area contributed by atoms with Gasteiger partial charge in [0.25, 0.3) is 5.91 Å². The Morgan fingerprint density at radius 2 is 2.00 bits per heavy atom. The molecule has 1 unspecified atom stereocenters. The van der Waals surface area contributed by atoms with Gasteiger partial charge >= 0.3 is 6.18 Å². The maximum Gasteiger partial charge on any atom is 0.416 e. The van der Waals surface area contributed by atoms with Crippen molar-refractivity contribution < 1.29 is 22.7 Å². The predicted octanol–water partition coefficient (Wildman–Crippen LogP) is 2.36. The fourth-order valence-electron chi connectivity index (χ4n) is 3.06. The Kier molecular flexibility index (Phi) is 5.19. The van der Waals surface area contributed by atoms with Crippen molar-refractivity contribution in [1.29, 1.82) is 0 Å². The molecule has 0 spiro atoms. The van der Waals surface area contributed by atoms with E-state index in [1.165, 1.54) is 6.07 Å². The fourth-order valence-corrected chi connectivity index (χ4v) is 3.33. The Morgan fingerprint density at radius 1 is 1.31 bits per heavy atom. The smallest absolute Gasteiger partial charge is 0.378 e. The van der Waals surface area contributed by atoms with Crippen molar-refractivity contribution in [3.05, 3.63) is 46.7 Å². The molecule has 2 heterocycles. The van der Waals surface area contributed by atoms with E-state index in [1.54, 1.807) is 17.9 Å². The Bertz CT molecular complexity index is 758. The molecular formula is C17H18F3N3O2S. The molecule has 1 aromatic rings. The topological polar surface area (TPSA) is 53.6 Å². The lowest BCUT2D eigenvalue weighted by Gasteiger charge is -2.35. The number of morpholine rings is 1. The summed E-state index contributed by atoms with van der Waals surface area (Å²) in [6.45, 7) is 3.45. The highest BCUT2D eigenvalue weighted by Gasteiger charge is 2.35. The monoisotopic (exact) mass is 385 g/mol. The number of benzene rings is 1. The minimum atomic E-state index is -4.46. The summed E-state index contributed by atoms with van der Waals surface area (Å²) in [5.74, 6) is -0.240. The van der Waals surface area contributed by atoms with Gasteiger partial charge in [-0.2, -0.15) is 13.2 Å². The van der Waals surface area contributed by atoms with Crippen LogP contribution in [0.1, 0.15) is 24.1 Å². The number of amides is 1. The quantitative estimate of drug-likeness (QED) is 0.766. The molecule has 0 aliphatic carbocycles. The van der Waals surface area contributed by atoms with E-state index >= 15 is 0 Å². The van der Waals surface area contributed by atoms with Gasteiger partial charge in [-0.25, -0.2) is 0 Å². The Balaban J connectivity index is 1.99. The third-order valence-electron chi connectivity index (χ3n) is 4.35. The average molecular weight is 385 g/mol. The summed E-state index contributed by atoms with van der Waals surface area (Å²) in [4.78, 5) is 14.6. The summed E-state index contributed by atoms with van der Waals surface area (Å²) in [7, 11) is 0. The highest BCUT2D eigenvalue weighted by molar-refractivity contribution is 7.80. The predicted molar refractivity (Wildman–Crippen MR) is 93.2 cm³/mol. The third-order valence-corrected chi connectivity index (χ3v) is 4.57. The molecule has 1 amide bonds. The zero-order valence-corrected chi connectivity index (χ0v) is 14.8. The van der Waals surface area contributed by atoms with Crippen molar-refractivity contribution in [2.75, 3.05) is 26.3 Å². The lowest BCUT2D eigenvalue weighted by Crippen LogP contribution is -2.49. The number of allylic oxidation sites excluding steroid dienone is 1. The van der Waals surface area contributed by atoms with Gasteiger partial charge in [0.15, 0.2) is 5.11 Å². The maximum absolute atomic E-state index is 13.1. The number of ether oxygens (including phenoxy) is 1. The van der Waals surface area contributed by atoms with Crippen LogP contribution in [0.2, 0.25) is 0 Å². The Hall–Kier alpha value is -2.13. The van der Waals surface area contributed by atoms with Crippen LogP contribution >= 0.6 is 12.2 Å². The van der Waals surface area contributed by atoms with E-state index in [0.717, 1.165) is 12.1 Å². The number of hydrogen-bond acceptors (Lipinski definition) is 3. The zero-order valence-electron chi connectivity index (χ0n) is 14.0. The van der Waals surface area contributed by atoms with E-state index in [0.29, 0.717) is 43.1 Å². The summed E-state index contributed by atoms with van der Waals surface area (Å²) in [6, 6.07) is 4.19. The maximum atomic E-state index is 13.1. The van der Waals surface area contributed by atoms with Crippen LogP contribution in [0.5, 0.6) is 0 Å². The minimum absolute atomic E-state index is 0.240. The summed E-state index contributed by atoms with van der Waals surface area (Å²) in [5.41, 5.74) is 0.462. The van der Waals surface area contributed by atoms with Crippen molar-refractivity contribution in [2.24, 2.45) is 0 Å². The number of halogens is 3. The molecule has 9 heteroatoms. The number of hydrogen-bond donors (Lipinski definition) is 2. The number of alkyl halides is 3. The fraction of sp³-hybridized carbons (Fsp3) is 0.412. The van der Waals surface area contributed by atoms with Crippen molar-refractivity contribution >= 4 is 23.2 Å². The van der Waals surface area contributed by atoms with Gasteiger partial charge in [0.1, 0.15) is 0 Å². The minimum Gasteiger partial charge on any atom is -0.378 e. The number of nitrogens with zero attached hydrogens (tertiary/aromatic N) is 1. The molecular weight excluding hydrogens is 367 g/mol. The molecule has 1 atom stereocenters. The largest absolute Gasteiger partial charge is 0.416 e. The van der Waals surface area contributed by atoms with E-state index < -0.39 is 17.8 Å². The normalized spacial score (nSPS) is 21.3. The summed E-state index contributed by atoms with van der Waals surface area (Å²) < 4.78 is 44.5. The van der Waals surface area contributed by atoms with Gasteiger partial charge in [0.05, 0.1) is 30.4 Å². The first-order valence-electron chi connectivity index (χ1n) is 8.10. The second-order valence-electron chi connectivity index (χ2n) is 6.10. The van der Waals surface area contributed by atoms with Crippen molar-refractivity contribution in [1.82, 2.24) is 15.5 Å². The van der Waals surface area contributed by atoms with Gasteiger partial charge in [-0.05, 0) is 36.8 Å². The summed E-state index contributed by atoms with van der Waals surface area (Å²) in [6.07, 6.45) is -4.46. The van der Waals surface area contributed by atoms with Crippen LogP contribution in [0.3, 0.4) is 0 Å².